The van der Waals surface area contributed by atoms with Gasteiger partial charge < -0.3 is 9.62 Å². The summed E-state index contributed by atoms with van der Waals surface area (Å²) in [5, 5.41) is 0. The average Bonchev–Trinajstić information content (AvgIpc) is 2.69. The third-order valence-corrected chi connectivity index (χ3v) is 2.77. The van der Waals surface area contributed by atoms with E-state index in [0.717, 1.165) is 11.4 Å². The van der Waals surface area contributed by atoms with Gasteiger partial charge in [0.2, 0.25) is 0 Å². The molecule has 1 aromatic heterocycles. The number of pyridine rings is 1. The molecule has 1 aliphatic rings. The molecule has 0 saturated heterocycles. The van der Waals surface area contributed by atoms with Crippen LogP contribution in [0.5, 0.6) is 0 Å². The van der Waals surface area contributed by atoms with E-state index in [4.69, 9.17) is 0 Å². The first kappa shape index (κ1) is 13.1. The molecule has 0 amide bonds. The first-order valence-electron chi connectivity index (χ1n) is 5.33. The molecule has 6 heteroatoms. The smallest absolute Gasteiger partial charge is 0.397 e. The van der Waals surface area contributed by atoms with Gasteiger partial charge in [-0.1, -0.05) is 12.1 Å². The summed E-state index contributed by atoms with van der Waals surface area (Å²) < 4.78 is 12.8. The van der Waals surface area contributed by atoms with Gasteiger partial charge in [0.25, 0.3) is 0 Å². The molecular formula is C12H10BFN3Pt. The van der Waals surface area contributed by atoms with Crippen molar-refractivity contribution < 1.29 is 25.5 Å². The van der Waals surface area contributed by atoms with E-state index in [1.807, 2.05) is 48.5 Å². The Bertz CT molecular complexity index is 549. The predicted molar refractivity (Wildman–Crippen MR) is 66.9 cm³/mol. The van der Waals surface area contributed by atoms with Crippen LogP contribution in [0.1, 0.15) is 0 Å². The Balaban J connectivity index is 0.00000120. The van der Waals surface area contributed by atoms with Gasteiger partial charge in [0.1, 0.15) is 11.6 Å². The summed E-state index contributed by atoms with van der Waals surface area (Å²) in [6, 6.07) is 11.1. The van der Waals surface area contributed by atoms with Crippen LogP contribution in [0.15, 0.2) is 42.6 Å². The molecule has 3 nitrogen and oxygen atoms in total. The molecule has 0 N–H and O–H groups in total. The molecule has 0 bridgehead atoms. The molecule has 0 atom stereocenters. The van der Waals surface area contributed by atoms with Gasteiger partial charge in [-0.3, -0.25) is 0 Å². The second-order valence-corrected chi connectivity index (χ2v) is 3.92. The van der Waals surface area contributed by atoms with Gasteiger partial charge in [-0.05, 0) is 31.3 Å². The first-order valence-corrected chi connectivity index (χ1v) is 5.33. The van der Waals surface area contributed by atoms with Gasteiger partial charge in [0.05, 0.1) is 11.9 Å². The monoisotopic (exact) mass is 421 g/mol. The number of halogens is 1. The van der Waals surface area contributed by atoms with Crippen LogP contribution in [0.2, 0.25) is 0 Å². The Morgan fingerprint density at radius 3 is 2.50 bits per heavy atom. The van der Waals surface area contributed by atoms with E-state index < -0.39 is 0 Å². The maximum absolute atomic E-state index is 12.8. The summed E-state index contributed by atoms with van der Waals surface area (Å²) in [6.07, 6.45) is 1.23. The number of aromatic nitrogens is 1. The molecule has 0 spiro atoms. The topological polar surface area (TPSA) is 19.4 Å². The van der Waals surface area contributed by atoms with Crippen molar-refractivity contribution in [1.82, 2.24) is 4.98 Å². The minimum Gasteiger partial charge on any atom is -0.400 e. The summed E-state index contributed by atoms with van der Waals surface area (Å²) in [5.41, 5.74) is 2.16. The first-order chi connectivity index (χ1) is 8.25. The summed E-state index contributed by atoms with van der Waals surface area (Å²) in [5.74, 6) is 0.387. The molecule has 0 unspecified atom stereocenters. The Morgan fingerprint density at radius 2 is 1.83 bits per heavy atom. The van der Waals surface area contributed by atoms with Crippen LogP contribution in [0.25, 0.3) is 0 Å². The van der Waals surface area contributed by atoms with Gasteiger partial charge in [-0.2, -0.15) is 0 Å². The zero-order valence-electron chi connectivity index (χ0n) is 9.65. The molecule has 1 radical (unpaired) electrons. The Kier molecular flexibility index (Phi) is 3.72. The minimum absolute atomic E-state index is 0. The van der Waals surface area contributed by atoms with Crippen LogP contribution in [-0.4, -0.2) is 19.6 Å². The van der Waals surface area contributed by atoms with Crippen molar-refractivity contribution in [2.75, 3.05) is 16.7 Å². The minimum atomic E-state index is -0.324. The summed E-state index contributed by atoms with van der Waals surface area (Å²) in [7, 11) is 3.91. The molecule has 0 saturated carbocycles. The number of benzene rings is 1. The second-order valence-electron chi connectivity index (χ2n) is 3.92. The molecule has 2 heterocycles. The number of nitrogens with zero attached hydrogens (tertiary/aromatic N) is 3. The van der Waals surface area contributed by atoms with E-state index in [-0.39, 0.29) is 26.9 Å². The van der Waals surface area contributed by atoms with Crippen LogP contribution in [0.3, 0.4) is 0 Å². The number of hydrogen-bond acceptors (Lipinski definition) is 3. The quantitative estimate of drug-likeness (QED) is 0.660. The fourth-order valence-corrected chi connectivity index (χ4v) is 1.96. The fraction of sp³-hybridized carbons (Fsp3) is 0.0833. The van der Waals surface area contributed by atoms with Crippen molar-refractivity contribution in [2.45, 2.75) is 0 Å². The Hall–Kier alpha value is -1.35. The predicted octanol–water partition coefficient (Wildman–Crippen LogP) is 2.34. The summed E-state index contributed by atoms with van der Waals surface area (Å²) >= 11 is 0. The van der Waals surface area contributed by atoms with Crippen LogP contribution >= 0.6 is 0 Å². The molecule has 0 fully saturated rings. The SMILES string of the molecule is CN1[B]N(c2ccc(F)cn2)c2ccccc21.[Pt]. The zero-order valence-corrected chi connectivity index (χ0v) is 11.9. The maximum atomic E-state index is 12.8. The normalized spacial score (nSPS) is 12.8. The third-order valence-electron chi connectivity index (χ3n) is 2.77. The van der Waals surface area contributed by atoms with Crippen molar-refractivity contribution in [3.63, 3.8) is 0 Å². The molecule has 0 aliphatic carbocycles. The van der Waals surface area contributed by atoms with E-state index in [1.165, 1.54) is 12.3 Å². The van der Waals surface area contributed by atoms with Crippen molar-refractivity contribution in [1.29, 1.82) is 0 Å². The molecule has 1 aromatic carbocycles. The van der Waals surface area contributed by atoms with E-state index >= 15 is 0 Å². The van der Waals surface area contributed by atoms with Gasteiger partial charge in [0, 0.05) is 26.8 Å². The third kappa shape index (κ3) is 2.15. The maximum Gasteiger partial charge on any atom is 0.397 e. The number of anilines is 3. The van der Waals surface area contributed by atoms with Gasteiger partial charge in [-0.25, -0.2) is 9.37 Å². The molecule has 1 aliphatic heterocycles. The summed E-state index contributed by atoms with van der Waals surface area (Å²) in [6.45, 7) is 0. The molecular weight excluding hydrogens is 411 g/mol. The Morgan fingerprint density at radius 1 is 1.11 bits per heavy atom. The van der Waals surface area contributed by atoms with Crippen molar-refractivity contribution in [2.24, 2.45) is 0 Å². The number of para-hydroxylation sites is 2. The summed E-state index contributed by atoms with van der Waals surface area (Å²) in [4.78, 5) is 8.04. The fourth-order valence-electron chi connectivity index (χ4n) is 1.96. The van der Waals surface area contributed by atoms with E-state index in [1.54, 1.807) is 6.07 Å². The van der Waals surface area contributed by atoms with E-state index in [2.05, 4.69) is 4.98 Å². The molecule has 18 heavy (non-hydrogen) atoms. The van der Waals surface area contributed by atoms with Crippen LogP contribution in [0.4, 0.5) is 21.6 Å². The van der Waals surface area contributed by atoms with Crippen LogP contribution < -0.4 is 9.62 Å². The van der Waals surface area contributed by atoms with Crippen LogP contribution in [-0.2, 0) is 21.1 Å². The largest absolute Gasteiger partial charge is 0.400 e. The molecule has 2 aromatic rings. The number of fused-ring (bicyclic) bond motifs is 1. The van der Waals surface area contributed by atoms with Crippen molar-refractivity contribution >= 4 is 24.7 Å². The van der Waals surface area contributed by atoms with Crippen molar-refractivity contribution in [3.05, 3.63) is 48.4 Å². The molecule has 3 rings (SSSR count). The molecule has 93 valence electrons. The average molecular weight is 421 g/mol. The standard InChI is InChI=1S/C12H10BFN3.Pt/c1-16-10-4-2-3-5-11(10)17(13-16)12-7-6-9(14)8-15-12;/h2-8H,1H3;. The van der Waals surface area contributed by atoms with Crippen LogP contribution in [0, 0.1) is 5.82 Å². The van der Waals surface area contributed by atoms with Crippen molar-refractivity contribution in [3.8, 4) is 0 Å². The van der Waals surface area contributed by atoms with Gasteiger partial charge >= 0.3 is 7.55 Å². The zero-order chi connectivity index (χ0) is 11.8. The van der Waals surface area contributed by atoms with E-state index in [9.17, 15) is 4.39 Å². The van der Waals surface area contributed by atoms with E-state index in [0.29, 0.717) is 5.82 Å². The Labute approximate surface area is 120 Å². The number of rotatable bonds is 1. The number of hydrogen-bond donors (Lipinski definition) is 0. The second kappa shape index (κ2) is 5.11. The van der Waals surface area contributed by atoms with Gasteiger partial charge in [-0.15, -0.1) is 0 Å². The van der Waals surface area contributed by atoms with Gasteiger partial charge in [0.15, 0.2) is 0 Å².